The van der Waals surface area contributed by atoms with Crippen molar-refractivity contribution in [2.24, 2.45) is 0 Å². The van der Waals surface area contributed by atoms with E-state index in [2.05, 4.69) is 56.9 Å². The largest absolute Gasteiger partial charge is 0.302 e. The van der Waals surface area contributed by atoms with Gasteiger partial charge in [-0.05, 0) is 36.6 Å². The van der Waals surface area contributed by atoms with Gasteiger partial charge in [0.2, 0.25) is 0 Å². The molecule has 0 amide bonds. The lowest BCUT2D eigenvalue weighted by Crippen LogP contribution is -2.26. The van der Waals surface area contributed by atoms with Crippen LogP contribution in [-0.4, -0.2) is 24.5 Å². The maximum atomic E-state index is 6.48. The Hall–Kier alpha value is -0.530. The van der Waals surface area contributed by atoms with Gasteiger partial charge in [0.25, 0.3) is 0 Å². The second-order valence-corrected chi connectivity index (χ2v) is 5.46. The van der Waals surface area contributed by atoms with E-state index >= 15 is 0 Å². The molecule has 0 spiro atoms. The van der Waals surface area contributed by atoms with E-state index in [1.54, 1.807) is 0 Å². The monoisotopic (exact) mass is 267 g/mol. The Morgan fingerprint density at radius 3 is 1.94 bits per heavy atom. The molecule has 2 heteroatoms. The SMILES string of the molecule is CCC(C)c1ccc(C(Cl)CN(CC)CC)cc1. The molecule has 0 aliphatic carbocycles. The zero-order valence-electron chi connectivity index (χ0n) is 12.1. The molecule has 2 unspecified atom stereocenters. The fraction of sp³-hybridized carbons (Fsp3) is 0.625. The minimum Gasteiger partial charge on any atom is -0.302 e. The van der Waals surface area contributed by atoms with Crippen LogP contribution in [0, 0.1) is 0 Å². The van der Waals surface area contributed by atoms with Gasteiger partial charge in [-0.3, -0.25) is 0 Å². The molecule has 18 heavy (non-hydrogen) atoms. The van der Waals surface area contributed by atoms with Crippen LogP contribution in [0.2, 0.25) is 0 Å². The van der Waals surface area contributed by atoms with E-state index in [4.69, 9.17) is 11.6 Å². The van der Waals surface area contributed by atoms with Gasteiger partial charge in [0.1, 0.15) is 0 Å². The van der Waals surface area contributed by atoms with Crippen LogP contribution in [0.5, 0.6) is 0 Å². The Kier molecular flexibility index (Phi) is 6.73. The zero-order chi connectivity index (χ0) is 13.5. The van der Waals surface area contributed by atoms with E-state index < -0.39 is 0 Å². The van der Waals surface area contributed by atoms with Crippen LogP contribution in [0.3, 0.4) is 0 Å². The Bertz CT molecular complexity index is 329. The van der Waals surface area contributed by atoms with E-state index in [1.165, 1.54) is 17.5 Å². The van der Waals surface area contributed by atoms with Crippen LogP contribution in [-0.2, 0) is 0 Å². The molecule has 1 nitrogen and oxygen atoms in total. The normalized spacial score (nSPS) is 14.8. The van der Waals surface area contributed by atoms with Crippen LogP contribution in [0.15, 0.2) is 24.3 Å². The lowest BCUT2D eigenvalue weighted by atomic mass is 9.97. The molecule has 0 aromatic heterocycles. The lowest BCUT2D eigenvalue weighted by Gasteiger charge is -2.22. The lowest BCUT2D eigenvalue weighted by molar-refractivity contribution is 0.304. The van der Waals surface area contributed by atoms with Gasteiger partial charge in [-0.1, -0.05) is 52.0 Å². The number of alkyl halides is 1. The predicted molar refractivity (Wildman–Crippen MR) is 81.5 cm³/mol. The van der Waals surface area contributed by atoms with Crippen LogP contribution < -0.4 is 0 Å². The molecule has 1 aromatic carbocycles. The minimum atomic E-state index is 0.0934. The average Bonchev–Trinajstić information content (AvgIpc) is 2.43. The van der Waals surface area contributed by atoms with E-state index in [1.807, 2.05) is 0 Å². The standard InChI is InChI=1S/C16H26ClN/c1-5-13(4)14-8-10-15(11-9-14)16(17)12-18(6-2)7-3/h8-11,13,16H,5-7,12H2,1-4H3. The van der Waals surface area contributed by atoms with Gasteiger partial charge in [0.15, 0.2) is 0 Å². The van der Waals surface area contributed by atoms with Gasteiger partial charge in [-0.2, -0.15) is 0 Å². The number of hydrogen-bond donors (Lipinski definition) is 0. The summed E-state index contributed by atoms with van der Waals surface area (Å²) in [6, 6.07) is 8.81. The smallest absolute Gasteiger partial charge is 0.0712 e. The molecule has 1 rings (SSSR count). The number of nitrogens with zero attached hydrogens (tertiary/aromatic N) is 1. The van der Waals surface area contributed by atoms with Crippen LogP contribution in [0.1, 0.15) is 56.5 Å². The molecule has 0 aliphatic heterocycles. The average molecular weight is 268 g/mol. The molecular weight excluding hydrogens is 242 g/mol. The predicted octanol–water partition coefficient (Wildman–Crippen LogP) is 4.82. The van der Waals surface area contributed by atoms with Crippen molar-refractivity contribution in [2.45, 2.75) is 45.4 Å². The first-order chi connectivity index (χ1) is 8.62. The summed E-state index contributed by atoms with van der Waals surface area (Å²) in [6.45, 7) is 11.9. The van der Waals surface area contributed by atoms with E-state index in [0.29, 0.717) is 5.92 Å². The second-order valence-electron chi connectivity index (χ2n) is 4.93. The van der Waals surface area contributed by atoms with Gasteiger partial charge in [0.05, 0.1) is 5.38 Å². The summed E-state index contributed by atoms with van der Waals surface area (Å²) in [4.78, 5) is 2.36. The first-order valence-electron chi connectivity index (χ1n) is 7.08. The Balaban J connectivity index is 2.66. The zero-order valence-corrected chi connectivity index (χ0v) is 12.9. The Morgan fingerprint density at radius 1 is 1.00 bits per heavy atom. The van der Waals surface area contributed by atoms with Crippen molar-refractivity contribution in [2.75, 3.05) is 19.6 Å². The summed E-state index contributed by atoms with van der Waals surface area (Å²) in [6.07, 6.45) is 1.18. The molecule has 0 saturated carbocycles. The Labute approximate surface area is 117 Å². The van der Waals surface area contributed by atoms with Crippen molar-refractivity contribution < 1.29 is 0 Å². The van der Waals surface area contributed by atoms with Crippen molar-refractivity contribution in [1.29, 1.82) is 0 Å². The van der Waals surface area contributed by atoms with Crippen LogP contribution >= 0.6 is 11.6 Å². The molecular formula is C16H26ClN. The fourth-order valence-electron chi connectivity index (χ4n) is 2.08. The molecule has 1 aromatic rings. The summed E-state index contributed by atoms with van der Waals surface area (Å²) >= 11 is 6.48. The number of likely N-dealkylation sites (N-methyl/N-ethyl adjacent to an activating group) is 1. The number of halogens is 1. The van der Waals surface area contributed by atoms with Crippen LogP contribution in [0.25, 0.3) is 0 Å². The highest BCUT2D eigenvalue weighted by Crippen LogP contribution is 2.25. The fourth-order valence-corrected chi connectivity index (χ4v) is 2.42. The molecule has 0 radical (unpaired) electrons. The summed E-state index contributed by atoms with van der Waals surface area (Å²) in [5, 5.41) is 0.0934. The summed E-state index contributed by atoms with van der Waals surface area (Å²) in [5.74, 6) is 0.635. The quantitative estimate of drug-likeness (QED) is 0.640. The van der Waals surface area contributed by atoms with E-state index in [0.717, 1.165) is 19.6 Å². The first kappa shape index (κ1) is 15.5. The van der Waals surface area contributed by atoms with E-state index in [-0.39, 0.29) is 5.38 Å². The third-order valence-electron chi connectivity index (χ3n) is 3.79. The maximum absolute atomic E-state index is 6.48. The van der Waals surface area contributed by atoms with Crippen molar-refractivity contribution in [3.63, 3.8) is 0 Å². The molecule has 0 bridgehead atoms. The maximum Gasteiger partial charge on any atom is 0.0712 e. The van der Waals surface area contributed by atoms with Crippen molar-refractivity contribution in [3.8, 4) is 0 Å². The topological polar surface area (TPSA) is 3.24 Å². The first-order valence-corrected chi connectivity index (χ1v) is 7.52. The van der Waals surface area contributed by atoms with Gasteiger partial charge < -0.3 is 4.90 Å². The number of hydrogen-bond acceptors (Lipinski definition) is 1. The molecule has 0 aliphatic rings. The highest BCUT2D eigenvalue weighted by atomic mass is 35.5. The van der Waals surface area contributed by atoms with Gasteiger partial charge in [-0.15, -0.1) is 11.6 Å². The molecule has 102 valence electrons. The Morgan fingerprint density at radius 2 is 1.50 bits per heavy atom. The van der Waals surface area contributed by atoms with Crippen molar-refractivity contribution in [3.05, 3.63) is 35.4 Å². The highest BCUT2D eigenvalue weighted by Gasteiger charge is 2.12. The van der Waals surface area contributed by atoms with Gasteiger partial charge in [0, 0.05) is 6.54 Å². The highest BCUT2D eigenvalue weighted by molar-refractivity contribution is 6.21. The third kappa shape index (κ3) is 4.29. The van der Waals surface area contributed by atoms with Crippen LogP contribution in [0.4, 0.5) is 0 Å². The second kappa shape index (κ2) is 7.81. The molecule has 0 saturated heterocycles. The van der Waals surface area contributed by atoms with Gasteiger partial charge in [-0.25, -0.2) is 0 Å². The number of rotatable bonds is 7. The summed E-state index contributed by atoms with van der Waals surface area (Å²) in [5.41, 5.74) is 2.64. The van der Waals surface area contributed by atoms with Gasteiger partial charge >= 0.3 is 0 Å². The number of benzene rings is 1. The van der Waals surface area contributed by atoms with E-state index in [9.17, 15) is 0 Å². The summed E-state index contributed by atoms with van der Waals surface area (Å²) in [7, 11) is 0. The molecule has 0 fully saturated rings. The summed E-state index contributed by atoms with van der Waals surface area (Å²) < 4.78 is 0. The third-order valence-corrected chi connectivity index (χ3v) is 4.18. The molecule has 2 atom stereocenters. The van der Waals surface area contributed by atoms with Crippen molar-refractivity contribution in [1.82, 2.24) is 4.90 Å². The van der Waals surface area contributed by atoms with Crippen molar-refractivity contribution >= 4 is 11.6 Å². The minimum absolute atomic E-state index is 0.0934. The molecule has 0 heterocycles. The molecule has 0 N–H and O–H groups in total.